The van der Waals surface area contributed by atoms with Gasteiger partial charge in [-0.05, 0) is 12.8 Å². The summed E-state index contributed by atoms with van der Waals surface area (Å²) in [6, 6.07) is 0. The van der Waals surface area contributed by atoms with Gasteiger partial charge in [0.1, 0.15) is 5.82 Å². The normalized spacial score (nSPS) is 29.3. The Bertz CT molecular complexity index is 383. The Hall–Kier alpha value is -0.940. The zero-order valence-electron chi connectivity index (χ0n) is 9.61. The Balaban J connectivity index is 2.01. The largest absolute Gasteiger partial charge is 0.378 e. The summed E-state index contributed by atoms with van der Waals surface area (Å²) < 4.78 is 13.3. The Morgan fingerprint density at radius 3 is 3.06 bits per heavy atom. The maximum absolute atomic E-state index is 5.66. The lowest BCUT2D eigenvalue weighted by atomic mass is 10.0. The van der Waals surface area contributed by atoms with Crippen LogP contribution in [-0.4, -0.2) is 35.1 Å². The molecule has 5 heteroatoms. The molecule has 0 aromatic carbocycles. The van der Waals surface area contributed by atoms with E-state index in [9.17, 15) is 0 Å². The molecule has 1 atom stereocenters. The molecule has 2 aliphatic heterocycles. The maximum atomic E-state index is 5.66. The maximum Gasteiger partial charge on any atom is 0.167 e. The van der Waals surface area contributed by atoms with Gasteiger partial charge in [0.25, 0.3) is 0 Å². The van der Waals surface area contributed by atoms with Gasteiger partial charge in [0.15, 0.2) is 11.4 Å². The molecule has 5 nitrogen and oxygen atoms in total. The van der Waals surface area contributed by atoms with Crippen LogP contribution in [0.25, 0.3) is 0 Å². The molecule has 1 fully saturated rings. The lowest BCUT2D eigenvalue weighted by molar-refractivity contribution is -0.0312. The second-order valence-electron chi connectivity index (χ2n) is 4.55. The van der Waals surface area contributed by atoms with Gasteiger partial charge >= 0.3 is 0 Å². The number of methoxy groups -OCH3 is 1. The van der Waals surface area contributed by atoms with Crippen molar-refractivity contribution in [1.82, 2.24) is 14.8 Å². The molecule has 1 unspecified atom stereocenters. The molecule has 0 aliphatic carbocycles. The van der Waals surface area contributed by atoms with Gasteiger partial charge in [-0.15, -0.1) is 10.2 Å². The molecule has 0 N–H and O–H groups in total. The van der Waals surface area contributed by atoms with Crippen LogP contribution in [0.5, 0.6) is 0 Å². The smallest absolute Gasteiger partial charge is 0.167 e. The summed E-state index contributed by atoms with van der Waals surface area (Å²) in [5.41, 5.74) is -0.359. The Morgan fingerprint density at radius 2 is 2.31 bits per heavy atom. The Labute approximate surface area is 94.8 Å². The van der Waals surface area contributed by atoms with Crippen molar-refractivity contribution in [3.63, 3.8) is 0 Å². The number of nitrogens with zero attached hydrogens (tertiary/aromatic N) is 3. The molecule has 1 aromatic rings. The fraction of sp³-hybridized carbons (Fsp3) is 0.818. The summed E-state index contributed by atoms with van der Waals surface area (Å²) in [6.45, 7) is 2.36. The van der Waals surface area contributed by atoms with Gasteiger partial charge < -0.3 is 14.0 Å². The third-order valence-corrected chi connectivity index (χ3v) is 3.64. The van der Waals surface area contributed by atoms with E-state index in [0.29, 0.717) is 6.61 Å². The molecule has 3 heterocycles. The third-order valence-electron chi connectivity index (χ3n) is 3.64. The van der Waals surface area contributed by atoms with Crippen LogP contribution in [-0.2, 0) is 28.0 Å². The molecule has 0 spiro atoms. The average Bonchev–Trinajstić information content (AvgIpc) is 2.96. The van der Waals surface area contributed by atoms with Gasteiger partial charge in [-0.3, -0.25) is 0 Å². The monoisotopic (exact) mass is 223 g/mol. The lowest BCUT2D eigenvalue weighted by Gasteiger charge is -2.26. The van der Waals surface area contributed by atoms with E-state index in [-0.39, 0.29) is 5.60 Å². The highest BCUT2D eigenvalue weighted by atomic mass is 16.5. The highest BCUT2D eigenvalue weighted by molar-refractivity contribution is 5.10. The van der Waals surface area contributed by atoms with Crippen molar-refractivity contribution in [1.29, 1.82) is 0 Å². The van der Waals surface area contributed by atoms with Crippen molar-refractivity contribution < 1.29 is 9.47 Å². The quantitative estimate of drug-likeness (QED) is 0.746. The summed E-state index contributed by atoms with van der Waals surface area (Å²) in [6.07, 6.45) is 4.34. The highest BCUT2D eigenvalue weighted by Gasteiger charge is 2.42. The molecule has 0 amide bonds. The summed E-state index contributed by atoms with van der Waals surface area (Å²) in [7, 11) is 1.74. The number of hydrogen-bond donors (Lipinski definition) is 0. The van der Waals surface area contributed by atoms with Crippen molar-refractivity contribution in [2.45, 2.75) is 37.8 Å². The van der Waals surface area contributed by atoms with E-state index in [1.54, 1.807) is 7.11 Å². The zero-order chi connectivity index (χ0) is 11.0. The second kappa shape index (κ2) is 3.82. The van der Waals surface area contributed by atoms with E-state index >= 15 is 0 Å². The van der Waals surface area contributed by atoms with Gasteiger partial charge in [0, 0.05) is 26.5 Å². The van der Waals surface area contributed by atoms with Crippen LogP contribution >= 0.6 is 0 Å². The minimum absolute atomic E-state index is 0.359. The fourth-order valence-corrected chi connectivity index (χ4v) is 2.62. The van der Waals surface area contributed by atoms with Crippen molar-refractivity contribution in [3.8, 4) is 0 Å². The van der Waals surface area contributed by atoms with Crippen LogP contribution in [0.15, 0.2) is 0 Å². The first-order chi connectivity index (χ1) is 7.86. The standard InChI is InChI=1S/C11H17N3O2/c1-15-11(5-7-16-8-11)10-13-12-9-4-2-3-6-14(9)10/h2-8H2,1H3. The second-order valence-corrected chi connectivity index (χ2v) is 4.55. The molecule has 0 saturated carbocycles. The SMILES string of the molecule is COC1(c2nnc3n2CCCC3)CCOC1. The van der Waals surface area contributed by atoms with Gasteiger partial charge in [-0.2, -0.15) is 0 Å². The van der Waals surface area contributed by atoms with Gasteiger partial charge in [0.05, 0.1) is 13.2 Å². The van der Waals surface area contributed by atoms with Crippen LogP contribution < -0.4 is 0 Å². The third kappa shape index (κ3) is 1.38. The number of hydrogen-bond acceptors (Lipinski definition) is 4. The van der Waals surface area contributed by atoms with Crippen LogP contribution in [0, 0.1) is 0 Å². The van der Waals surface area contributed by atoms with Crippen molar-refractivity contribution in [2.75, 3.05) is 20.3 Å². The van der Waals surface area contributed by atoms with E-state index in [1.807, 2.05) is 0 Å². The van der Waals surface area contributed by atoms with Crippen LogP contribution in [0.3, 0.4) is 0 Å². The van der Waals surface area contributed by atoms with E-state index in [1.165, 1.54) is 12.8 Å². The summed E-state index contributed by atoms with van der Waals surface area (Å²) >= 11 is 0. The summed E-state index contributed by atoms with van der Waals surface area (Å²) in [5.74, 6) is 2.06. The minimum Gasteiger partial charge on any atom is -0.378 e. The Morgan fingerprint density at radius 1 is 1.38 bits per heavy atom. The van der Waals surface area contributed by atoms with E-state index in [0.717, 1.165) is 37.6 Å². The molecule has 2 aliphatic rings. The van der Waals surface area contributed by atoms with E-state index < -0.39 is 0 Å². The number of ether oxygens (including phenoxy) is 2. The van der Waals surface area contributed by atoms with Gasteiger partial charge in [-0.1, -0.05) is 0 Å². The van der Waals surface area contributed by atoms with Crippen LogP contribution in [0.2, 0.25) is 0 Å². The number of fused-ring (bicyclic) bond motifs is 1. The summed E-state index contributed by atoms with van der Waals surface area (Å²) in [5, 5.41) is 8.60. The van der Waals surface area contributed by atoms with E-state index in [4.69, 9.17) is 9.47 Å². The topological polar surface area (TPSA) is 49.2 Å². The molecule has 3 rings (SSSR count). The molecular formula is C11H17N3O2. The van der Waals surface area contributed by atoms with Crippen molar-refractivity contribution in [3.05, 3.63) is 11.6 Å². The summed E-state index contributed by atoms with van der Waals surface area (Å²) in [4.78, 5) is 0. The number of aryl methyl sites for hydroxylation is 1. The Kier molecular flexibility index (Phi) is 2.44. The van der Waals surface area contributed by atoms with E-state index in [2.05, 4.69) is 14.8 Å². The van der Waals surface area contributed by atoms with Gasteiger partial charge in [-0.25, -0.2) is 0 Å². The highest BCUT2D eigenvalue weighted by Crippen LogP contribution is 2.34. The molecule has 16 heavy (non-hydrogen) atoms. The first kappa shape index (κ1) is 10.2. The minimum atomic E-state index is -0.359. The predicted molar refractivity (Wildman–Crippen MR) is 57.1 cm³/mol. The number of rotatable bonds is 2. The zero-order valence-corrected chi connectivity index (χ0v) is 9.61. The molecular weight excluding hydrogens is 206 g/mol. The first-order valence-electron chi connectivity index (χ1n) is 5.91. The van der Waals surface area contributed by atoms with Crippen LogP contribution in [0.4, 0.5) is 0 Å². The molecule has 1 saturated heterocycles. The fourth-order valence-electron chi connectivity index (χ4n) is 2.62. The molecule has 88 valence electrons. The molecule has 0 radical (unpaired) electrons. The predicted octanol–water partition coefficient (Wildman–Crippen LogP) is 0.876. The molecule has 1 aromatic heterocycles. The van der Waals surface area contributed by atoms with Crippen molar-refractivity contribution >= 4 is 0 Å². The van der Waals surface area contributed by atoms with Crippen molar-refractivity contribution in [2.24, 2.45) is 0 Å². The first-order valence-corrected chi connectivity index (χ1v) is 5.91. The number of aromatic nitrogens is 3. The average molecular weight is 223 g/mol. The van der Waals surface area contributed by atoms with Crippen LogP contribution in [0.1, 0.15) is 30.9 Å². The van der Waals surface area contributed by atoms with Gasteiger partial charge in [0.2, 0.25) is 0 Å². The molecule has 0 bridgehead atoms. The lowest BCUT2D eigenvalue weighted by Crippen LogP contribution is -2.33.